The Morgan fingerprint density at radius 2 is 1.53 bits per heavy atom. The maximum atomic E-state index is 12.7. The van der Waals surface area contributed by atoms with Crippen LogP contribution in [0, 0.1) is 13.8 Å². The molecule has 0 spiro atoms. The van der Waals surface area contributed by atoms with E-state index < -0.39 is 15.9 Å². The molecule has 0 radical (unpaired) electrons. The molecule has 0 heterocycles. The highest BCUT2D eigenvalue weighted by Gasteiger charge is 2.24. The highest BCUT2D eigenvalue weighted by Crippen LogP contribution is 2.25. The number of carbonyl (C=O) groups is 2. The summed E-state index contributed by atoms with van der Waals surface area (Å²) in [5.41, 5.74) is 3.35. The van der Waals surface area contributed by atoms with Crippen molar-refractivity contribution in [3.63, 3.8) is 0 Å². The van der Waals surface area contributed by atoms with Crippen LogP contribution >= 0.6 is 11.6 Å². The third kappa shape index (κ3) is 5.58. The molecule has 3 aromatic rings. The third-order valence-corrected chi connectivity index (χ3v) is 7.26. The predicted octanol–water partition coefficient (Wildman–Crippen LogP) is 4.90. The average Bonchev–Trinajstić information content (AvgIpc) is 3.59. The highest BCUT2D eigenvalue weighted by molar-refractivity contribution is 7.92. The van der Waals surface area contributed by atoms with Crippen molar-refractivity contribution in [2.24, 2.45) is 0 Å². The third-order valence-electron chi connectivity index (χ3n) is 5.57. The van der Waals surface area contributed by atoms with Crippen molar-refractivity contribution in [3.8, 4) is 0 Å². The first-order valence-electron chi connectivity index (χ1n) is 10.7. The Morgan fingerprint density at radius 3 is 2.15 bits per heavy atom. The summed E-state index contributed by atoms with van der Waals surface area (Å²) in [6, 6.07) is 15.9. The fourth-order valence-corrected chi connectivity index (χ4v) is 4.67. The van der Waals surface area contributed by atoms with E-state index in [-0.39, 0.29) is 21.9 Å². The van der Waals surface area contributed by atoms with Gasteiger partial charge in [0.2, 0.25) is 0 Å². The standard InChI is InChI=1S/C25H24ClN3O4S/c1-15-3-11-21(13-16(15)2)34(32,33)29-19-6-4-17(5-7-19)24(30)28-20-10-12-22(23(26)14-20)25(31)27-18-8-9-18/h3-7,10-14,18,29H,8-9H2,1-2H3,(H,27,31)(H,28,30). The summed E-state index contributed by atoms with van der Waals surface area (Å²) in [4.78, 5) is 25.0. The zero-order valence-electron chi connectivity index (χ0n) is 18.7. The van der Waals surface area contributed by atoms with Crippen LogP contribution in [0.3, 0.4) is 0 Å². The van der Waals surface area contributed by atoms with Crippen molar-refractivity contribution in [2.45, 2.75) is 37.6 Å². The summed E-state index contributed by atoms with van der Waals surface area (Å²) in [6.45, 7) is 3.77. The van der Waals surface area contributed by atoms with E-state index in [0.29, 0.717) is 22.5 Å². The van der Waals surface area contributed by atoms with Crippen molar-refractivity contribution in [1.82, 2.24) is 5.32 Å². The Kier molecular flexibility index (Phi) is 6.63. The molecule has 1 aliphatic carbocycles. The monoisotopic (exact) mass is 497 g/mol. The molecule has 4 rings (SSSR count). The van der Waals surface area contributed by atoms with Crippen LogP contribution in [0.2, 0.25) is 5.02 Å². The Hall–Kier alpha value is -3.36. The molecule has 0 saturated heterocycles. The van der Waals surface area contributed by atoms with Gasteiger partial charge in [-0.3, -0.25) is 14.3 Å². The first-order valence-corrected chi connectivity index (χ1v) is 12.6. The number of halogens is 1. The molecule has 1 saturated carbocycles. The lowest BCUT2D eigenvalue weighted by Crippen LogP contribution is -2.25. The van der Waals surface area contributed by atoms with E-state index in [1.165, 1.54) is 30.3 Å². The second kappa shape index (κ2) is 9.48. The molecule has 1 fully saturated rings. The molecule has 1 aliphatic rings. The molecule has 3 aromatic carbocycles. The number of sulfonamides is 1. The fourth-order valence-electron chi connectivity index (χ4n) is 3.26. The van der Waals surface area contributed by atoms with Crippen molar-refractivity contribution >= 4 is 44.8 Å². The van der Waals surface area contributed by atoms with Gasteiger partial charge >= 0.3 is 0 Å². The fraction of sp³-hybridized carbons (Fsp3) is 0.200. The van der Waals surface area contributed by atoms with Crippen LogP contribution in [0.15, 0.2) is 65.6 Å². The van der Waals surface area contributed by atoms with Gasteiger partial charge in [-0.25, -0.2) is 8.42 Å². The maximum Gasteiger partial charge on any atom is 0.261 e. The SMILES string of the molecule is Cc1ccc(S(=O)(=O)Nc2ccc(C(=O)Nc3ccc(C(=O)NC4CC4)c(Cl)c3)cc2)cc1C. The lowest BCUT2D eigenvalue weighted by molar-refractivity contribution is 0.0950. The van der Waals surface area contributed by atoms with Gasteiger partial charge < -0.3 is 10.6 Å². The van der Waals surface area contributed by atoms with E-state index in [2.05, 4.69) is 15.4 Å². The molecule has 0 aliphatic heterocycles. The van der Waals surface area contributed by atoms with Gasteiger partial charge in [-0.1, -0.05) is 17.7 Å². The van der Waals surface area contributed by atoms with Gasteiger partial charge in [0.05, 0.1) is 15.5 Å². The van der Waals surface area contributed by atoms with Crippen LogP contribution in [-0.2, 0) is 10.0 Å². The number of hydrogen-bond acceptors (Lipinski definition) is 4. The van der Waals surface area contributed by atoms with Crippen LogP contribution in [0.1, 0.15) is 44.7 Å². The van der Waals surface area contributed by atoms with Gasteiger partial charge in [0.25, 0.3) is 21.8 Å². The van der Waals surface area contributed by atoms with Gasteiger partial charge in [-0.2, -0.15) is 0 Å². The van der Waals surface area contributed by atoms with Crippen LogP contribution in [0.25, 0.3) is 0 Å². The molecule has 3 N–H and O–H groups in total. The molecule has 0 aromatic heterocycles. The van der Waals surface area contributed by atoms with Crippen LogP contribution < -0.4 is 15.4 Å². The minimum Gasteiger partial charge on any atom is -0.349 e. The van der Waals surface area contributed by atoms with Gasteiger partial charge in [0.15, 0.2) is 0 Å². The molecule has 34 heavy (non-hydrogen) atoms. The Bertz CT molecular complexity index is 1370. The van der Waals surface area contributed by atoms with Gasteiger partial charge in [0.1, 0.15) is 0 Å². The van der Waals surface area contributed by atoms with Crippen LogP contribution in [0.5, 0.6) is 0 Å². The minimum atomic E-state index is -3.75. The van der Waals surface area contributed by atoms with E-state index in [1.807, 2.05) is 13.8 Å². The second-order valence-corrected chi connectivity index (χ2v) is 10.4. The van der Waals surface area contributed by atoms with Crippen LogP contribution in [0.4, 0.5) is 11.4 Å². The Labute approximate surface area is 203 Å². The van der Waals surface area contributed by atoms with E-state index in [0.717, 1.165) is 24.0 Å². The van der Waals surface area contributed by atoms with Gasteiger partial charge in [-0.05, 0) is 92.4 Å². The summed E-state index contributed by atoms with van der Waals surface area (Å²) in [6.07, 6.45) is 1.95. The maximum absolute atomic E-state index is 12.7. The number of rotatable bonds is 7. The minimum absolute atomic E-state index is 0.170. The first-order chi connectivity index (χ1) is 16.1. The normalized spacial score (nSPS) is 13.3. The molecule has 0 unspecified atom stereocenters. The lowest BCUT2D eigenvalue weighted by atomic mass is 10.1. The predicted molar refractivity (Wildman–Crippen MR) is 133 cm³/mol. The van der Waals surface area contributed by atoms with Crippen molar-refractivity contribution in [1.29, 1.82) is 0 Å². The Morgan fingerprint density at radius 1 is 0.853 bits per heavy atom. The number of nitrogens with one attached hydrogen (secondary N) is 3. The van der Waals surface area contributed by atoms with E-state index in [1.54, 1.807) is 30.3 Å². The summed E-state index contributed by atoms with van der Waals surface area (Å²) in [5, 5.41) is 5.85. The zero-order chi connectivity index (χ0) is 24.5. The highest BCUT2D eigenvalue weighted by atomic mass is 35.5. The topological polar surface area (TPSA) is 104 Å². The molecule has 2 amide bonds. The number of benzene rings is 3. The first kappa shape index (κ1) is 23.8. The van der Waals surface area contributed by atoms with Gasteiger partial charge in [0, 0.05) is 23.0 Å². The quantitative estimate of drug-likeness (QED) is 0.431. The molecular formula is C25H24ClN3O4S. The second-order valence-electron chi connectivity index (χ2n) is 8.33. The molecule has 7 nitrogen and oxygen atoms in total. The zero-order valence-corrected chi connectivity index (χ0v) is 20.3. The smallest absolute Gasteiger partial charge is 0.261 e. The molecule has 0 atom stereocenters. The summed E-state index contributed by atoms with van der Waals surface area (Å²) >= 11 is 6.23. The van der Waals surface area contributed by atoms with E-state index in [9.17, 15) is 18.0 Å². The van der Waals surface area contributed by atoms with Gasteiger partial charge in [-0.15, -0.1) is 0 Å². The number of aryl methyl sites for hydroxylation is 2. The summed E-state index contributed by atoms with van der Waals surface area (Å²) < 4.78 is 27.9. The number of hydrogen-bond donors (Lipinski definition) is 3. The number of amides is 2. The number of anilines is 2. The molecular weight excluding hydrogens is 474 g/mol. The average molecular weight is 498 g/mol. The molecule has 0 bridgehead atoms. The summed E-state index contributed by atoms with van der Waals surface area (Å²) in [7, 11) is -3.75. The van der Waals surface area contributed by atoms with E-state index in [4.69, 9.17) is 11.6 Å². The van der Waals surface area contributed by atoms with Crippen molar-refractivity contribution in [2.75, 3.05) is 10.0 Å². The lowest BCUT2D eigenvalue weighted by Gasteiger charge is -2.11. The molecule has 9 heteroatoms. The van der Waals surface area contributed by atoms with E-state index >= 15 is 0 Å². The summed E-state index contributed by atoms with van der Waals surface area (Å²) in [5.74, 6) is -0.626. The number of carbonyl (C=O) groups excluding carboxylic acids is 2. The largest absolute Gasteiger partial charge is 0.349 e. The van der Waals surface area contributed by atoms with Crippen molar-refractivity contribution in [3.05, 3.63) is 87.9 Å². The Balaban J connectivity index is 1.41. The van der Waals surface area contributed by atoms with Crippen LogP contribution in [-0.4, -0.2) is 26.3 Å². The molecule has 176 valence electrons. The van der Waals surface area contributed by atoms with Crippen molar-refractivity contribution < 1.29 is 18.0 Å².